The molecule has 500 valence electrons. The van der Waals surface area contributed by atoms with E-state index in [9.17, 15) is 19.8 Å². The third kappa shape index (κ3) is 69.7. The molecule has 6 heteroatoms. The minimum Gasteiger partial charge on any atom is -0.466 e. The maximum atomic E-state index is 12.5. The van der Waals surface area contributed by atoms with Crippen LogP contribution in [0.2, 0.25) is 0 Å². The molecule has 0 rings (SSSR count). The average Bonchev–Trinajstić information content (AvgIpc) is 3.53. The number of aliphatic hydroxyl groups is 2. The van der Waals surface area contributed by atoms with Crippen LogP contribution in [-0.4, -0.2) is 47.4 Å². The lowest BCUT2D eigenvalue weighted by atomic mass is 10.0. The number of amides is 1. The predicted octanol–water partition coefficient (Wildman–Crippen LogP) is 25.5. The first-order valence-electron chi connectivity index (χ1n) is 38.9. The zero-order valence-electron chi connectivity index (χ0n) is 57.4. The predicted molar refractivity (Wildman–Crippen MR) is 370 cm³/mol. The lowest BCUT2D eigenvalue weighted by Crippen LogP contribution is -2.45. The maximum Gasteiger partial charge on any atom is 0.305 e. The highest BCUT2D eigenvalue weighted by molar-refractivity contribution is 5.76. The van der Waals surface area contributed by atoms with Crippen molar-refractivity contribution >= 4 is 11.9 Å². The van der Waals surface area contributed by atoms with Gasteiger partial charge >= 0.3 is 5.97 Å². The minimum absolute atomic E-state index is 0.0228. The van der Waals surface area contributed by atoms with Gasteiger partial charge in [0.1, 0.15) is 0 Å². The summed E-state index contributed by atoms with van der Waals surface area (Å²) < 4.78 is 5.52. The molecule has 2 atom stereocenters. The van der Waals surface area contributed by atoms with Crippen molar-refractivity contribution in [3.05, 3.63) is 12.2 Å². The zero-order chi connectivity index (χ0) is 60.6. The number of unbranched alkanes of at least 4 members (excludes halogenated alkanes) is 61. The van der Waals surface area contributed by atoms with E-state index in [4.69, 9.17) is 4.74 Å². The Morgan fingerprint density at radius 3 is 0.845 bits per heavy atom. The summed E-state index contributed by atoms with van der Waals surface area (Å²) in [5.41, 5.74) is 0. The largest absolute Gasteiger partial charge is 0.466 e. The number of rotatable bonds is 74. The van der Waals surface area contributed by atoms with E-state index in [1.807, 2.05) is 0 Å². The van der Waals surface area contributed by atoms with Crippen molar-refractivity contribution in [2.24, 2.45) is 0 Å². The number of nitrogens with one attached hydrogen (secondary N) is 1. The van der Waals surface area contributed by atoms with Gasteiger partial charge in [0.05, 0.1) is 25.4 Å². The maximum absolute atomic E-state index is 12.5. The molecule has 84 heavy (non-hydrogen) atoms. The number of carbonyl (C=O) groups excluding carboxylic acids is 2. The van der Waals surface area contributed by atoms with Gasteiger partial charge in [-0.25, -0.2) is 0 Å². The van der Waals surface area contributed by atoms with Crippen LogP contribution >= 0.6 is 0 Å². The van der Waals surface area contributed by atoms with Crippen LogP contribution in [-0.2, 0) is 14.3 Å². The molecule has 0 radical (unpaired) electrons. The summed E-state index contributed by atoms with van der Waals surface area (Å²) in [7, 11) is 0. The Kier molecular flexibility index (Phi) is 72.8. The van der Waals surface area contributed by atoms with Gasteiger partial charge in [0.25, 0.3) is 0 Å². The molecule has 0 bridgehead atoms. The third-order valence-corrected chi connectivity index (χ3v) is 18.6. The van der Waals surface area contributed by atoms with Crippen molar-refractivity contribution in [1.29, 1.82) is 0 Å². The average molecular weight is 1190 g/mol. The summed E-state index contributed by atoms with van der Waals surface area (Å²) in [6.45, 7) is 5.01. The molecule has 0 aromatic rings. The SMILES string of the molecule is CCCCCCCCCCCCCCCCCCCCCC(O)C(CO)NC(=O)CCCCCCCCCCCCCCCC/C=C\CCCCCCCCCCCCCCOC(=O)CCCCCCCCCCCCCCCCCCCC. The number of hydrogen-bond acceptors (Lipinski definition) is 5. The summed E-state index contributed by atoms with van der Waals surface area (Å²) in [5, 5.41) is 23.4. The molecule has 0 aliphatic rings. The van der Waals surface area contributed by atoms with Crippen LogP contribution in [0.5, 0.6) is 0 Å². The molecule has 0 saturated heterocycles. The van der Waals surface area contributed by atoms with Crippen LogP contribution in [0, 0.1) is 0 Å². The van der Waals surface area contributed by atoms with Crippen LogP contribution in [0.3, 0.4) is 0 Å². The fraction of sp³-hybridized carbons (Fsp3) is 0.949. The number of carbonyl (C=O) groups is 2. The number of allylic oxidation sites excluding steroid dienone is 2. The first-order valence-corrected chi connectivity index (χ1v) is 38.9. The highest BCUT2D eigenvalue weighted by Gasteiger charge is 2.20. The Hall–Kier alpha value is -1.40. The van der Waals surface area contributed by atoms with E-state index in [-0.39, 0.29) is 18.5 Å². The summed E-state index contributed by atoms with van der Waals surface area (Å²) in [5.74, 6) is -0.00558. The van der Waals surface area contributed by atoms with Gasteiger partial charge in [-0.3, -0.25) is 9.59 Å². The van der Waals surface area contributed by atoms with Gasteiger partial charge < -0.3 is 20.3 Å². The molecule has 0 heterocycles. The van der Waals surface area contributed by atoms with E-state index in [0.717, 1.165) is 38.5 Å². The molecule has 2 unspecified atom stereocenters. The second-order valence-electron chi connectivity index (χ2n) is 27.0. The highest BCUT2D eigenvalue weighted by Crippen LogP contribution is 2.20. The van der Waals surface area contributed by atoms with Gasteiger partial charge in [-0.15, -0.1) is 0 Å². The molecule has 0 spiro atoms. The van der Waals surface area contributed by atoms with Crippen molar-refractivity contribution in [2.45, 2.75) is 463 Å². The van der Waals surface area contributed by atoms with Gasteiger partial charge in [-0.1, -0.05) is 398 Å². The molecule has 1 amide bonds. The third-order valence-electron chi connectivity index (χ3n) is 18.6. The quantitative estimate of drug-likeness (QED) is 0.0320. The monoisotopic (exact) mass is 1180 g/mol. The molecule has 0 fully saturated rings. The zero-order valence-corrected chi connectivity index (χ0v) is 57.4. The van der Waals surface area contributed by atoms with Crippen molar-refractivity contribution < 1.29 is 24.5 Å². The van der Waals surface area contributed by atoms with E-state index < -0.39 is 12.1 Å². The Morgan fingerprint density at radius 1 is 0.321 bits per heavy atom. The lowest BCUT2D eigenvalue weighted by molar-refractivity contribution is -0.143. The van der Waals surface area contributed by atoms with Gasteiger partial charge in [0, 0.05) is 12.8 Å². The highest BCUT2D eigenvalue weighted by atomic mass is 16.5. The van der Waals surface area contributed by atoms with Crippen molar-refractivity contribution in [1.82, 2.24) is 5.32 Å². The second-order valence-corrected chi connectivity index (χ2v) is 27.0. The van der Waals surface area contributed by atoms with E-state index in [1.54, 1.807) is 0 Å². The standard InChI is InChI=1S/C78H153NO5/c1-3-5-7-9-11-13-15-17-19-21-35-38-42-46-50-54-58-62-66-70-76(81)75(74-80)79-77(82)71-67-63-59-55-51-47-43-39-36-33-31-29-27-25-23-24-26-28-30-32-34-37-41-45-49-53-57-61-65-69-73-84-78(83)72-68-64-60-56-52-48-44-40-22-20-18-16-14-12-10-8-6-4-2/h24,26,75-76,80-81H,3-23,25,27-74H2,1-2H3,(H,79,82)/b26-24-. The van der Waals surface area contributed by atoms with Gasteiger partial charge in [0.15, 0.2) is 0 Å². The molecule has 0 aliphatic heterocycles. The summed E-state index contributed by atoms with van der Waals surface area (Å²) in [6, 6.07) is -0.540. The number of esters is 1. The molecule has 0 saturated carbocycles. The fourth-order valence-electron chi connectivity index (χ4n) is 12.6. The van der Waals surface area contributed by atoms with Crippen LogP contribution in [0.25, 0.3) is 0 Å². The van der Waals surface area contributed by atoms with Gasteiger partial charge in [-0.05, 0) is 51.4 Å². The van der Waals surface area contributed by atoms with Crippen molar-refractivity contribution in [3.63, 3.8) is 0 Å². The lowest BCUT2D eigenvalue weighted by Gasteiger charge is -2.22. The second kappa shape index (κ2) is 74.1. The van der Waals surface area contributed by atoms with E-state index in [0.29, 0.717) is 25.9 Å². The van der Waals surface area contributed by atoms with E-state index >= 15 is 0 Å². The van der Waals surface area contributed by atoms with Crippen LogP contribution in [0.1, 0.15) is 450 Å². The first kappa shape index (κ1) is 82.6. The number of hydrogen-bond donors (Lipinski definition) is 3. The summed E-state index contributed by atoms with van der Waals surface area (Å²) in [6.07, 6.45) is 92.9. The molecule has 3 N–H and O–H groups in total. The van der Waals surface area contributed by atoms with Crippen LogP contribution in [0.15, 0.2) is 12.2 Å². The first-order chi connectivity index (χ1) is 41.5. The summed E-state index contributed by atoms with van der Waals surface area (Å²) >= 11 is 0. The Morgan fingerprint density at radius 2 is 0.560 bits per heavy atom. The molecular formula is C78H153NO5. The van der Waals surface area contributed by atoms with Gasteiger partial charge in [0.2, 0.25) is 5.91 Å². The van der Waals surface area contributed by atoms with Crippen molar-refractivity contribution in [2.75, 3.05) is 13.2 Å². The molecule has 6 nitrogen and oxygen atoms in total. The van der Waals surface area contributed by atoms with E-state index in [1.165, 1.54) is 379 Å². The Bertz CT molecular complexity index is 1270. The summed E-state index contributed by atoms with van der Waals surface area (Å²) in [4.78, 5) is 24.7. The smallest absolute Gasteiger partial charge is 0.305 e. The Balaban J connectivity index is 3.34. The molecular weight excluding hydrogens is 1030 g/mol. The molecule has 0 aliphatic carbocycles. The number of aliphatic hydroxyl groups excluding tert-OH is 2. The fourth-order valence-corrected chi connectivity index (χ4v) is 12.6. The molecule has 0 aromatic carbocycles. The van der Waals surface area contributed by atoms with Gasteiger partial charge in [-0.2, -0.15) is 0 Å². The Labute approximate surface area is 527 Å². The van der Waals surface area contributed by atoms with Crippen LogP contribution < -0.4 is 5.32 Å². The number of ether oxygens (including phenoxy) is 1. The molecule has 0 aromatic heterocycles. The minimum atomic E-state index is -0.663. The van der Waals surface area contributed by atoms with Crippen molar-refractivity contribution in [3.8, 4) is 0 Å². The topological polar surface area (TPSA) is 95.9 Å². The normalized spacial score (nSPS) is 12.5. The van der Waals surface area contributed by atoms with Crippen LogP contribution in [0.4, 0.5) is 0 Å². The van der Waals surface area contributed by atoms with E-state index in [2.05, 4.69) is 31.3 Å².